The summed E-state index contributed by atoms with van der Waals surface area (Å²) in [5.41, 5.74) is 1.86. The van der Waals surface area contributed by atoms with E-state index in [1.807, 2.05) is 47.0 Å². The molecule has 26 heavy (non-hydrogen) atoms. The van der Waals surface area contributed by atoms with Gasteiger partial charge in [0.15, 0.2) is 0 Å². The Morgan fingerprint density at radius 3 is 2.58 bits per heavy atom. The van der Waals surface area contributed by atoms with Crippen LogP contribution >= 0.6 is 35.3 Å². The molecule has 2 aromatic carbocycles. The van der Waals surface area contributed by atoms with Gasteiger partial charge in [-0.3, -0.25) is 9.59 Å². The first-order chi connectivity index (χ1) is 12.7. The predicted molar refractivity (Wildman–Crippen MR) is 113 cm³/mol. The van der Waals surface area contributed by atoms with E-state index in [9.17, 15) is 9.59 Å². The molecule has 3 rings (SSSR count). The van der Waals surface area contributed by atoms with E-state index in [2.05, 4.69) is 31.2 Å². The fourth-order valence-corrected chi connectivity index (χ4v) is 5.42. The van der Waals surface area contributed by atoms with Gasteiger partial charge < -0.3 is 4.90 Å². The van der Waals surface area contributed by atoms with Crippen molar-refractivity contribution in [3.8, 4) is 0 Å². The number of nitrogens with zero attached hydrogens (tertiary/aromatic N) is 1. The molecule has 1 atom stereocenters. The van der Waals surface area contributed by atoms with Crippen LogP contribution in [0, 0.1) is 0 Å². The topological polar surface area (TPSA) is 37.4 Å². The molecule has 0 spiro atoms. The summed E-state index contributed by atoms with van der Waals surface area (Å²) in [7, 11) is 0. The molecule has 6 heteroatoms. The number of amides is 1. The van der Waals surface area contributed by atoms with Crippen molar-refractivity contribution < 1.29 is 9.59 Å². The summed E-state index contributed by atoms with van der Waals surface area (Å²) in [6.07, 6.45) is 0. The first-order valence-corrected chi connectivity index (χ1v) is 11.6. The van der Waals surface area contributed by atoms with E-state index in [4.69, 9.17) is 0 Å². The van der Waals surface area contributed by atoms with Crippen LogP contribution in [0.2, 0.25) is 0 Å². The van der Waals surface area contributed by atoms with Crippen LogP contribution < -0.4 is 0 Å². The lowest BCUT2D eigenvalue weighted by atomic mass is 10.2. The Hall–Kier alpha value is -1.37. The second-order valence-electron chi connectivity index (χ2n) is 5.75. The van der Waals surface area contributed by atoms with Crippen molar-refractivity contribution in [1.29, 1.82) is 0 Å². The zero-order chi connectivity index (χ0) is 18.4. The van der Waals surface area contributed by atoms with Crippen LogP contribution in [0.4, 0.5) is 0 Å². The summed E-state index contributed by atoms with van der Waals surface area (Å²) in [4.78, 5) is 27.6. The third kappa shape index (κ3) is 4.87. The molecule has 1 aliphatic rings. The van der Waals surface area contributed by atoms with Crippen LogP contribution in [-0.4, -0.2) is 39.7 Å². The highest BCUT2D eigenvalue weighted by molar-refractivity contribution is 8.14. The van der Waals surface area contributed by atoms with Crippen molar-refractivity contribution in [3.63, 3.8) is 0 Å². The van der Waals surface area contributed by atoms with Gasteiger partial charge in [0.05, 0.1) is 5.75 Å². The third-order valence-corrected chi connectivity index (χ3v) is 7.05. The Labute approximate surface area is 167 Å². The van der Waals surface area contributed by atoms with E-state index >= 15 is 0 Å². The molecule has 0 saturated carbocycles. The largest absolute Gasteiger partial charge is 0.325 e. The molecule has 0 aromatic heterocycles. The SMILES string of the molecule is CCSc1ccc(C2SCC(=O)N2CCSC(=O)c2ccccc2)cc1. The van der Waals surface area contributed by atoms with Crippen molar-refractivity contribution >= 4 is 46.3 Å². The lowest BCUT2D eigenvalue weighted by Crippen LogP contribution is -2.30. The minimum Gasteiger partial charge on any atom is -0.325 e. The molecule has 0 bridgehead atoms. The zero-order valence-electron chi connectivity index (χ0n) is 14.6. The van der Waals surface area contributed by atoms with Gasteiger partial charge >= 0.3 is 0 Å². The van der Waals surface area contributed by atoms with Crippen molar-refractivity contribution in [2.24, 2.45) is 0 Å². The number of carbonyl (C=O) groups is 2. The summed E-state index contributed by atoms with van der Waals surface area (Å²) in [5, 5.41) is 0.109. The lowest BCUT2D eigenvalue weighted by molar-refractivity contribution is -0.127. The third-order valence-electron chi connectivity index (χ3n) is 4.02. The van der Waals surface area contributed by atoms with Gasteiger partial charge in [0.2, 0.25) is 11.0 Å². The van der Waals surface area contributed by atoms with E-state index in [0.29, 0.717) is 23.6 Å². The van der Waals surface area contributed by atoms with Gasteiger partial charge in [-0.15, -0.1) is 23.5 Å². The average molecular weight is 404 g/mol. The number of hydrogen-bond donors (Lipinski definition) is 0. The maximum absolute atomic E-state index is 12.3. The molecular formula is C20H21NO2S3. The molecular weight excluding hydrogens is 382 g/mol. The highest BCUT2D eigenvalue weighted by Crippen LogP contribution is 2.39. The van der Waals surface area contributed by atoms with Gasteiger partial charge in [-0.2, -0.15) is 0 Å². The minimum absolute atomic E-state index is 0.0515. The Morgan fingerprint density at radius 1 is 1.15 bits per heavy atom. The number of benzene rings is 2. The highest BCUT2D eigenvalue weighted by atomic mass is 32.2. The number of thioether (sulfide) groups is 3. The van der Waals surface area contributed by atoms with Crippen LogP contribution in [0.5, 0.6) is 0 Å². The molecule has 1 amide bonds. The van der Waals surface area contributed by atoms with Crippen LogP contribution in [0.3, 0.4) is 0 Å². The van der Waals surface area contributed by atoms with Gasteiger partial charge in [0.25, 0.3) is 0 Å². The average Bonchev–Trinajstić information content (AvgIpc) is 3.04. The zero-order valence-corrected chi connectivity index (χ0v) is 17.0. The second-order valence-corrected chi connectivity index (χ2v) is 9.23. The van der Waals surface area contributed by atoms with E-state index < -0.39 is 0 Å². The van der Waals surface area contributed by atoms with E-state index in [1.54, 1.807) is 11.8 Å². The van der Waals surface area contributed by atoms with Crippen molar-refractivity contribution in [2.75, 3.05) is 23.8 Å². The fraction of sp³-hybridized carbons (Fsp3) is 0.300. The molecule has 0 N–H and O–H groups in total. The Balaban J connectivity index is 1.58. The van der Waals surface area contributed by atoms with Crippen molar-refractivity contribution in [3.05, 3.63) is 65.7 Å². The normalized spacial score (nSPS) is 16.9. The fourth-order valence-electron chi connectivity index (χ4n) is 2.76. The van der Waals surface area contributed by atoms with E-state index in [1.165, 1.54) is 16.7 Å². The molecule has 1 heterocycles. The summed E-state index contributed by atoms with van der Waals surface area (Å²) in [6, 6.07) is 17.8. The first kappa shape index (κ1) is 19.4. The molecule has 3 nitrogen and oxygen atoms in total. The van der Waals surface area contributed by atoms with Crippen LogP contribution in [0.1, 0.15) is 28.2 Å². The van der Waals surface area contributed by atoms with Gasteiger partial charge in [-0.25, -0.2) is 0 Å². The lowest BCUT2D eigenvalue weighted by Gasteiger charge is -2.24. The number of rotatable bonds is 7. The predicted octanol–water partition coefficient (Wildman–Crippen LogP) is 4.95. The maximum Gasteiger partial charge on any atom is 0.233 e. The summed E-state index contributed by atoms with van der Waals surface area (Å²) >= 11 is 4.76. The minimum atomic E-state index is 0.0515. The molecule has 1 fully saturated rings. The first-order valence-electron chi connectivity index (χ1n) is 8.55. The van der Waals surface area contributed by atoms with Gasteiger partial charge in [0.1, 0.15) is 5.37 Å². The maximum atomic E-state index is 12.3. The highest BCUT2D eigenvalue weighted by Gasteiger charge is 2.32. The Bertz CT molecular complexity index is 749. The molecule has 1 saturated heterocycles. The van der Waals surface area contributed by atoms with Crippen LogP contribution in [0.15, 0.2) is 59.5 Å². The molecule has 1 aliphatic heterocycles. The monoisotopic (exact) mass is 403 g/mol. The van der Waals surface area contributed by atoms with E-state index in [-0.39, 0.29) is 16.4 Å². The summed E-state index contributed by atoms with van der Waals surface area (Å²) in [6.45, 7) is 2.73. The van der Waals surface area contributed by atoms with Crippen LogP contribution in [0.25, 0.3) is 0 Å². The van der Waals surface area contributed by atoms with E-state index in [0.717, 1.165) is 11.3 Å². The Kier molecular flexibility index (Phi) is 7.11. The molecule has 136 valence electrons. The summed E-state index contributed by atoms with van der Waals surface area (Å²) < 4.78 is 0. The quantitative estimate of drug-likeness (QED) is 0.612. The Morgan fingerprint density at radius 2 is 1.88 bits per heavy atom. The number of carbonyl (C=O) groups excluding carboxylic acids is 2. The van der Waals surface area contributed by atoms with Gasteiger partial charge in [-0.1, -0.05) is 61.2 Å². The summed E-state index contributed by atoms with van der Waals surface area (Å²) in [5.74, 6) is 2.32. The van der Waals surface area contributed by atoms with Gasteiger partial charge in [-0.05, 0) is 23.4 Å². The second kappa shape index (κ2) is 9.53. The van der Waals surface area contributed by atoms with Crippen molar-refractivity contribution in [1.82, 2.24) is 4.90 Å². The van der Waals surface area contributed by atoms with Crippen molar-refractivity contribution in [2.45, 2.75) is 17.2 Å². The standard InChI is InChI=1S/C20H21NO2S3/c1-2-24-17-10-8-15(9-11-17)19-21(18(22)14-26-19)12-13-25-20(23)16-6-4-3-5-7-16/h3-11,19H,2,12-14H2,1H3. The molecule has 2 aromatic rings. The molecule has 0 radical (unpaired) electrons. The molecule has 1 unspecified atom stereocenters. The molecule has 0 aliphatic carbocycles. The number of hydrogen-bond acceptors (Lipinski definition) is 5. The smallest absolute Gasteiger partial charge is 0.233 e. The van der Waals surface area contributed by atoms with Gasteiger partial charge in [0, 0.05) is 22.8 Å². The van der Waals surface area contributed by atoms with Crippen LogP contribution in [-0.2, 0) is 4.79 Å².